The molecule has 0 aliphatic heterocycles. The number of hydrogen-bond donors (Lipinski definition) is 0. The van der Waals surface area contributed by atoms with E-state index in [9.17, 15) is 0 Å². The second kappa shape index (κ2) is 5.18. The lowest BCUT2D eigenvalue weighted by atomic mass is 10.1. The third-order valence-corrected chi connectivity index (χ3v) is 2.88. The van der Waals surface area contributed by atoms with Crippen LogP contribution in [0.2, 0.25) is 19.6 Å². The molecule has 0 saturated heterocycles. The van der Waals surface area contributed by atoms with Gasteiger partial charge in [0.1, 0.15) is 8.07 Å². The highest BCUT2D eigenvalue weighted by Gasteiger charge is 2.07. The SMILES string of the molecule is [CH2]CCc1ccc(C#C[Si](C)(C)C)cc1. The summed E-state index contributed by atoms with van der Waals surface area (Å²) in [5.74, 6) is 3.25. The van der Waals surface area contributed by atoms with Crippen molar-refractivity contribution >= 4 is 8.07 Å². The largest absolute Gasteiger partial charge is 0.129 e. The summed E-state index contributed by atoms with van der Waals surface area (Å²) in [5, 5.41) is 0. The van der Waals surface area contributed by atoms with Crippen LogP contribution in [-0.4, -0.2) is 8.07 Å². The van der Waals surface area contributed by atoms with E-state index in [1.807, 2.05) is 0 Å². The van der Waals surface area contributed by atoms with E-state index in [4.69, 9.17) is 0 Å². The Labute approximate surface area is 94.7 Å². The number of rotatable bonds is 2. The molecule has 15 heavy (non-hydrogen) atoms. The Bertz CT molecular complexity index is 357. The lowest BCUT2D eigenvalue weighted by molar-refractivity contribution is 0.999. The molecule has 1 radical (unpaired) electrons. The third kappa shape index (κ3) is 4.85. The maximum absolute atomic E-state index is 3.85. The summed E-state index contributed by atoms with van der Waals surface area (Å²) in [6.07, 6.45) is 2.02. The van der Waals surface area contributed by atoms with Gasteiger partial charge >= 0.3 is 0 Å². The minimum absolute atomic E-state index is 0.958. The zero-order valence-electron chi connectivity index (χ0n) is 9.93. The lowest BCUT2D eigenvalue weighted by Gasteiger charge is -2.03. The van der Waals surface area contributed by atoms with Crippen LogP contribution in [0.3, 0.4) is 0 Å². The number of benzene rings is 1. The first-order valence-corrected chi connectivity index (χ1v) is 8.92. The minimum atomic E-state index is -1.24. The lowest BCUT2D eigenvalue weighted by Crippen LogP contribution is -2.16. The smallest absolute Gasteiger partial charge is 0.127 e. The quantitative estimate of drug-likeness (QED) is 0.521. The molecule has 0 fully saturated rings. The van der Waals surface area contributed by atoms with E-state index in [-0.39, 0.29) is 0 Å². The highest BCUT2D eigenvalue weighted by atomic mass is 28.3. The summed E-state index contributed by atoms with van der Waals surface area (Å²) in [7, 11) is -1.24. The van der Waals surface area contributed by atoms with Gasteiger partial charge < -0.3 is 0 Å². The van der Waals surface area contributed by atoms with Crippen LogP contribution in [-0.2, 0) is 6.42 Å². The standard InChI is InChI=1S/C14H19Si/c1-5-6-13-7-9-14(10-8-13)11-12-15(2,3)4/h7-10H,1,5-6H2,2-4H3. The Balaban J connectivity index is 2.75. The Morgan fingerprint density at radius 3 is 2.20 bits per heavy atom. The van der Waals surface area contributed by atoms with Gasteiger partial charge in [-0.3, -0.25) is 0 Å². The molecule has 0 unspecified atom stereocenters. The second-order valence-electron chi connectivity index (χ2n) is 4.80. The summed E-state index contributed by atoms with van der Waals surface area (Å²) in [6, 6.07) is 8.52. The van der Waals surface area contributed by atoms with E-state index in [1.165, 1.54) is 5.56 Å². The normalized spacial score (nSPS) is 10.7. The molecule has 0 heterocycles. The van der Waals surface area contributed by atoms with E-state index < -0.39 is 8.07 Å². The molecule has 0 amide bonds. The highest BCUT2D eigenvalue weighted by Crippen LogP contribution is 2.06. The molecule has 0 aromatic heterocycles. The predicted molar refractivity (Wildman–Crippen MR) is 70.3 cm³/mol. The Morgan fingerprint density at radius 1 is 1.13 bits per heavy atom. The van der Waals surface area contributed by atoms with Crippen molar-refractivity contribution in [2.75, 3.05) is 0 Å². The molecule has 0 aliphatic carbocycles. The van der Waals surface area contributed by atoms with Crippen molar-refractivity contribution < 1.29 is 0 Å². The average Bonchev–Trinajstić information content (AvgIpc) is 2.16. The zero-order valence-corrected chi connectivity index (χ0v) is 10.9. The summed E-state index contributed by atoms with van der Waals surface area (Å²) < 4.78 is 0. The van der Waals surface area contributed by atoms with E-state index in [0.29, 0.717) is 0 Å². The first kappa shape index (κ1) is 12.1. The van der Waals surface area contributed by atoms with Crippen molar-refractivity contribution in [2.45, 2.75) is 32.5 Å². The molecule has 79 valence electrons. The second-order valence-corrected chi connectivity index (χ2v) is 9.55. The van der Waals surface area contributed by atoms with Crippen molar-refractivity contribution in [3.8, 4) is 11.5 Å². The maximum Gasteiger partial charge on any atom is 0.129 e. The first-order chi connectivity index (χ1) is 7.01. The topological polar surface area (TPSA) is 0 Å². The van der Waals surface area contributed by atoms with Crippen LogP contribution in [0.15, 0.2) is 24.3 Å². The molecule has 0 saturated carbocycles. The number of hydrogen-bond acceptors (Lipinski definition) is 0. The minimum Gasteiger partial charge on any atom is -0.127 e. The summed E-state index contributed by atoms with van der Waals surface area (Å²) in [5.41, 5.74) is 5.85. The zero-order chi connectivity index (χ0) is 11.3. The van der Waals surface area contributed by atoms with Crippen LogP contribution in [0.5, 0.6) is 0 Å². The third-order valence-electron chi connectivity index (χ3n) is 2.00. The molecule has 0 aliphatic rings. The predicted octanol–water partition coefficient (Wildman–Crippen LogP) is 3.68. The molecule has 1 aromatic carbocycles. The van der Waals surface area contributed by atoms with Gasteiger partial charge in [0.2, 0.25) is 0 Å². The summed E-state index contributed by atoms with van der Waals surface area (Å²) in [4.78, 5) is 0. The van der Waals surface area contributed by atoms with E-state index in [1.54, 1.807) is 0 Å². The van der Waals surface area contributed by atoms with Gasteiger partial charge in [-0.25, -0.2) is 0 Å². The van der Waals surface area contributed by atoms with E-state index in [2.05, 4.69) is 62.3 Å². The average molecular weight is 215 g/mol. The molecule has 1 aromatic rings. The molecule has 0 nitrogen and oxygen atoms in total. The summed E-state index contributed by atoms with van der Waals surface area (Å²) in [6.45, 7) is 10.6. The van der Waals surface area contributed by atoms with Gasteiger partial charge in [-0.15, -0.1) is 5.54 Å². The van der Waals surface area contributed by atoms with Gasteiger partial charge in [-0.2, -0.15) is 0 Å². The fourth-order valence-electron chi connectivity index (χ4n) is 1.22. The summed E-state index contributed by atoms with van der Waals surface area (Å²) >= 11 is 0. The van der Waals surface area contributed by atoms with E-state index >= 15 is 0 Å². The van der Waals surface area contributed by atoms with Crippen molar-refractivity contribution in [2.24, 2.45) is 0 Å². The Kier molecular flexibility index (Phi) is 4.17. The van der Waals surface area contributed by atoms with Gasteiger partial charge in [-0.1, -0.05) is 44.6 Å². The number of aryl methyl sites for hydroxylation is 1. The van der Waals surface area contributed by atoms with Gasteiger partial charge in [-0.05, 0) is 30.5 Å². The maximum atomic E-state index is 3.85. The molecule has 1 rings (SSSR count). The molecular formula is C14H19Si. The molecular weight excluding hydrogens is 196 g/mol. The van der Waals surface area contributed by atoms with Crippen LogP contribution in [0.25, 0.3) is 0 Å². The van der Waals surface area contributed by atoms with Crippen LogP contribution >= 0.6 is 0 Å². The fraction of sp³-hybridized carbons (Fsp3) is 0.357. The van der Waals surface area contributed by atoms with Gasteiger partial charge in [0.25, 0.3) is 0 Å². The Morgan fingerprint density at radius 2 is 1.73 bits per heavy atom. The monoisotopic (exact) mass is 215 g/mol. The van der Waals surface area contributed by atoms with Crippen LogP contribution in [0, 0.1) is 18.4 Å². The van der Waals surface area contributed by atoms with Crippen LogP contribution in [0.1, 0.15) is 17.5 Å². The van der Waals surface area contributed by atoms with Crippen LogP contribution < -0.4 is 0 Å². The van der Waals surface area contributed by atoms with Crippen LogP contribution in [0.4, 0.5) is 0 Å². The van der Waals surface area contributed by atoms with Crippen molar-refractivity contribution in [1.82, 2.24) is 0 Å². The fourth-order valence-corrected chi connectivity index (χ4v) is 1.74. The highest BCUT2D eigenvalue weighted by molar-refractivity contribution is 6.83. The van der Waals surface area contributed by atoms with Crippen molar-refractivity contribution in [3.05, 3.63) is 42.3 Å². The Hall–Kier alpha value is -1.00. The molecule has 0 spiro atoms. The van der Waals surface area contributed by atoms with Gasteiger partial charge in [0.05, 0.1) is 0 Å². The molecule has 1 heteroatoms. The molecule has 0 bridgehead atoms. The molecule has 0 atom stereocenters. The van der Waals surface area contributed by atoms with Crippen molar-refractivity contribution in [1.29, 1.82) is 0 Å². The van der Waals surface area contributed by atoms with Gasteiger partial charge in [0, 0.05) is 5.56 Å². The first-order valence-electron chi connectivity index (χ1n) is 5.42. The van der Waals surface area contributed by atoms with E-state index in [0.717, 1.165) is 18.4 Å². The van der Waals surface area contributed by atoms with Gasteiger partial charge in [0.15, 0.2) is 0 Å². The molecule has 0 N–H and O–H groups in total. The van der Waals surface area contributed by atoms with Crippen molar-refractivity contribution in [3.63, 3.8) is 0 Å².